The summed E-state index contributed by atoms with van der Waals surface area (Å²) >= 11 is 0. The van der Waals surface area contributed by atoms with Crippen LogP contribution in [-0.4, -0.2) is 79.4 Å². The highest BCUT2D eigenvalue weighted by Crippen LogP contribution is 2.26. The van der Waals surface area contributed by atoms with Crippen molar-refractivity contribution in [1.82, 2.24) is 20.0 Å². The molecular weight excluding hydrogens is 385 g/mol. The monoisotopic (exact) mass is 415 g/mol. The van der Waals surface area contributed by atoms with E-state index in [0.29, 0.717) is 18.7 Å². The van der Waals surface area contributed by atoms with Gasteiger partial charge < -0.3 is 19.5 Å². The fourth-order valence-corrected chi connectivity index (χ4v) is 4.28. The lowest BCUT2D eigenvalue weighted by molar-refractivity contribution is -0.131. The second-order valence-corrected chi connectivity index (χ2v) is 8.04. The van der Waals surface area contributed by atoms with E-state index in [2.05, 4.69) is 20.1 Å². The zero-order valence-electron chi connectivity index (χ0n) is 17.8. The molecule has 0 bridgehead atoms. The maximum absolute atomic E-state index is 13.5. The normalized spacial score (nSPS) is 18.4. The Morgan fingerprint density at radius 3 is 2.57 bits per heavy atom. The molecule has 0 saturated carbocycles. The van der Waals surface area contributed by atoms with E-state index in [0.717, 1.165) is 74.8 Å². The van der Waals surface area contributed by atoms with E-state index < -0.39 is 0 Å². The van der Waals surface area contributed by atoms with Crippen molar-refractivity contribution in [3.8, 4) is 0 Å². The van der Waals surface area contributed by atoms with Gasteiger partial charge in [0.15, 0.2) is 5.96 Å². The van der Waals surface area contributed by atoms with Gasteiger partial charge in [0.2, 0.25) is 5.91 Å². The number of amides is 1. The summed E-state index contributed by atoms with van der Waals surface area (Å²) in [6.45, 7) is 8.06. The summed E-state index contributed by atoms with van der Waals surface area (Å²) in [5.41, 5.74) is 1.63. The third-order valence-electron chi connectivity index (χ3n) is 6.11. The molecule has 0 spiro atoms. The molecule has 2 aliphatic heterocycles. The van der Waals surface area contributed by atoms with Crippen molar-refractivity contribution in [3.05, 3.63) is 35.3 Å². The highest BCUT2D eigenvalue weighted by molar-refractivity contribution is 5.83. The van der Waals surface area contributed by atoms with Crippen molar-refractivity contribution in [2.75, 3.05) is 52.9 Å². The zero-order valence-corrected chi connectivity index (χ0v) is 17.8. The molecule has 1 amide bonds. The highest BCUT2D eigenvalue weighted by Gasteiger charge is 2.24. The number of hydrogen-bond donors (Lipinski definition) is 1. The van der Waals surface area contributed by atoms with Gasteiger partial charge in [-0.05, 0) is 38.0 Å². The lowest BCUT2D eigenvalue weighted by Crippen LogP contribution is -2.54. The molecule has 2 saturated heterocycles. The van der Waals surface area contributed by atoms with Crippen molar-refractivity contribution >= 4 is 22.8 Å². The van der Waals surface area contributed by atoms with E-state index in [1.165, 1.54) is 12.1 Å². The van der Waals surface area contributed by atoms with Gasteiger partial charge in [0.1, 0.15) is 17.2 Å². The van der Waals surface area contributed by atoms with Gasteiger partial charge in [-0.15, -0.1) is 0 Å². The lowest BCUT2D eigenvalue weighted by atomic mass is 10.1. The summed E-state index contributed by atoms with van der Waals surface area (Å²) in [7, 11) is 1.77. The van der Waals surface area contributed by atoms with Crippen LogP contribution in [0.15, 0.2) is 27.6 Å². The number of carbonyl (C=O) groups is 1. The van der Waals surface area contributed by atoms with Gasteiger partial charge in [-0.3, -0.25) is 14.7 Å². The summed E-state index contributed by atoms with van der Waals surface area (Å²) in [6, 6.07) is 4.59. The number of fused-ring (bicyclic) bond motifs is 1. The zero-order chi connectivity index (χ0) is 21.1. The fourth-order valence-electron chi connectivity index (χ4n) is 4.28. The topological polar surface area (TPSA) is 64.3 Å². The van der Waals surface area contributed by atoms with Gasteiger partial charge in [0, 0.05) is 57.3 Å². The maximum Gasteiger partial charge on any atom is 0.236 e. The van der Waals surface area contributed by atoms with Gasteiger partial charge in [0.25, 0.3) is 0 Å². The predicted molar refractivity (Wildman–Crippen MR) is 115 cm³/mol. The quantitative estimate of drug-likeness (QED) is 0.613. The number of aryl methyl sites for hydroxylation is 1. The number of halogens is 1. The van der Waals surface area contributed by atoms with Gasteiger partial charge in [-0.25, -0.2) is 4.39 Å². The number of nitrogens with zero attached hydrogens (tertiary/aromatic N) is 4. The highest BCUT2D eigenvalue weighted by atomic mass is 19.1. The van der Waals surface area contributed by atoms with E-state index in [9.17, 15) is 9.18 Å². The fraction of sp³-hybridized carbons (Fsp3) is 0.545. The third-order valence-corrected chi connectivity index (χ3v) is 6.11. The first kappa shape index (κ1) is 20.7. The number of hydrogen-bond acceptors (Lipinski definition) is 4. The number of carbonyl (C=O) groups excluding carboxylic acids is 1. The molecule has 2 fully saturated rings. The van der Waals surface area contributed by atoms with Gasteiger partial charge in [-0.2, -0.15) is 0 Å². The Balaban J connectivity index is 1.30. The van der Waals surface area contributed by atoms with Crippen LogP contribution in [0.5, 0.6) is 0 Å². The van der Waals surface area contributed by atoms with Crippen molar-refractivity contribution in [3.63, 3.8) is 0 Å². The van der Waals surface area contributed by atoms with Crippen LogP contribution in [0, 0.1) is 12.7 Å². The van der Waals surface area contributed by atoms with Crippen LogP contribution in [0.3, 0.4) is 0 Å². The SMILES string of the molecule is CN=C(NCc1oc2ccc(F)cc2c1C)N1CCN(CC(=O)N2CCCC2)CC1. The smallest absolute Gasteiger partial charge is 0.236 e. The molecule has 1 aromatic carbocycles. The van der Waals surface area contributed by atoms with Gasteiger partial charge in [0.05, 0.1) is 13.1 Å². The summed E-state index contributed by atoms with van der Waals surface area (Å²) in [4.78, 5) is 23.2. The van der Waals surface area contributed by atoms with Crippen molar-refractivity contribution in [1.29, 1.82) is 0 Å². The molecule has 2 aromatic rings. The molecule has 2 aliphatic rings. The number of benzene rings is 1. The Morgan fingerprint density at radius 2 is 1.87 bits per heavy atom. The summed E-state index contributed by atoms with van der Waals surface area (Å²) in [5.74, 6) is 1.58. The number of likely N-dealkylation sites (tertiary alicyclic amines) is 1. The Bertz CT molecular complexity index is 927. The Kier molecular flexibility index (Phi) is 6.22. The Labute approximate surface area is 176 Å². The van der Waals surface area contributed by atoms with Crippen LogP contribution in [0.25, 0.3) is 11.0 Å². The van der Waals surface area contributed by atoms with E-state index in [1.54, 1.807) is 13.1 Å². The molecule has 0 radical (unpaired) electrons. The van der Waals surface area contributed by atoms with Crippen molar-refractivity contribution in [2.24, 2.45) is 4.99 Å². The molecule has 3 heterocycles. The molecule has 4 rings (SSSR count). The van der Waals surface area contributed by atoms with E-state index in [4.69, 9.17) is 4.42 Å². The van der Waals surface area contributed by atoms with Gasteiger partial charge >= 0.3 is 0 Å². The van der Waals surface area contributed by atoms with Crippen LogP contribution < -0.4 is 5.32 Å². The first-order valence-electron chi connectivity index (χ1n) is 10.7. The number of aliphatic imine (C=N–C) groups is 1. The Hall–Kier alpha value is -2.61. The lowest BCUT2D eigenvalue weighted by Gasteiger charge is -2.36. The summed E-state index contributed by atoms with van der Waals surface area (Å²) < 4.78 is 19.4. The molecular formula is C22H30FN5O2. The molecule has 1 N–H and O–H groups in total. The van der Waals surface area contributed by atoms with E-state index in [-0.39, 0.29) is 11.7 Å². The minimum absolute atomic E-state index is 0.250. The molecule has 30 heavy (non-hydrogen) atoms. The third kappa shape index (κ3) is 4.43. The van der Waals surface area contributed by atoms with Crippen LogP contribution in [0.1, 0.15) is 24.2 Å². The molecule has 0 aliphatic carbocycles. The maximum atomic E-state index is 13.5. The average molecular weight is 416 g/mol. The summed E-state index contributed by atoms with van der Waals surface area (Å²) in [5, 5.41) is 4.17. The van der Waals surface area contributed by atoms with E-state index >= 15 is 0 Å². The van der Waals surface area contributed by atoms with Gasteiger partial charge in [-0.1, -0.05) is 0 Å². The molecule has 0 atom stereocenters. The second-order valence-electron chi connectivity index (χ2n) is 8.04. The number of guanidine groups is 1. The standard InChI is InChI=1S/C22H30FN5O2/c1-16-18-13-17(23)5-6-19(18)30-20(16)14-25-22(24-2)28-11-9-26(10-12-28)15-21(29)27-7-3-4-8-27/h5-6,13H,3-4,7-12,14-15H2,1-2H3,(H,24,25). The minimum Gasteiger partial charge on any atom is -0.459 e. The molecule has 8 heteroatoms. The van der Waals surface area contributed by atoms with Crippen LogP contribution in [-0.2, 0) is 11.3 Å². The average Bonchev–Trinajstić information content (AvgIpc) is 3.39. The van der Waals surface area contributed by atoms with Crippen molar-refractivity contribution < 1.29 is 13.6 Å². The Morgan fingerprint density at radius 1 is 1.13 bits per heavy atom. The number of nitrogens with one attached hydrogen (secondary N) is 1. The second kappa shape index (κ2) is 9.04. The van der Waals surface area contributed by atoms with Crippen LogP contribution in [0.2, 0.25) is 0 Å². The number of piperazine rings is 1. The van der Waals surface area contributed by atoms with Crippen LogP contribution >= 0.6 is 0 Å². The summed E-state index contributed by atoms with van der Waals surface area (Å²) in [6.07, 6.45) is 2.25. The minimum atomic E-state index is -0.261. The van der Waals surface area contributed by atoms with E-state index in [1.807, 2.05) is 11.8 Å². The largest absolute Gasteiger partial charge is 0.459 e. The molecule has 0 unspecified atom stereocenters. The predicted octanol–water partition coefficient (Wildman–Crippen LogP) is 2.20. The van der Waals surface area contributed by atoms with Crippen LogP contribution in [0.4, 0.5) is 4.39 Å². The molecule has 162 valence electrons. The van der Waals surface area contributed by atoms with Crippen molar-refractivity contribution in [2.45, 2.75) is 26.3 Å². The molecule has 1 aromatic heterocycles. The first-order chi connectivity index (χ1) is 14.5. The number of furan rings is 1. The molecule has 7 nitrogen and oxygen atoms in total. The first-order valence-corrected chi connectivity index (χ1v) is 10.7. The number of rotatable bonds is 4.